The molecule has 0 unspecified atom stereocenters. The monoisotopic (exact) mass is 151 g/mol. The van der Waals surface area contributed by atoms with Crippen LogP contribution in [0.2, 0.25) is 0 Å². The van der Waals surface area contributed by atoms with Gasteiger partial charge in [0.15, 0.2) is 0 Å². The lowest BCUT2D eigenvalue weighted by molar-refractivity contribution is 1.16. The summed E-state index contributed by atoms with van der Waals surface area (Å²) in [6.07, 6.45) is 3.78. The quantitative estimate of drug-likeness (QED) is 0.555. The van der Waals surface area contributed by atoms with Crippen LogP contribution >= 0.6 is 0 Å². The molecule has 1 rings (SSSR count). The number of nitrogens with zero attached hydrogens (tertiary/aromatic N) is 1. The lowest BCUT2D eigenvalue weighted by atomic mass is 10.1. The van der Waals surface area contributed by atoms with Gasteiger partial charge >= 0.3 is 0 Å². The fourth-order valence-corrected chi connectivity index (χ4v) is 0.766. The topological polar surface area (TPSA) is 12.9 Å². The second kappa shape index (κ2) is 4.89. The van der Waals surface area contributed by atoms with Crippen LogP contribution in [-0.2, 0) is 0 Å². The van der Waals surface area contributed by atoms with Crippen LogP contribution < -0.4 is 0 Å². The van der Waals surface area contributed by atoms with Crippen molar-refractivity contribution in [1.82, 2.24) is 4.98 Å². The van der Waals surface area contributed by atoms with E-state index in [9.17, 15) is 0 Å². The Labute approximate surface area is 69.5 Å². The highest BCUT2D eigenvalue weighted by Gasteiger charge is 1.93. The van der Waals surface area contributed by atoms with Gasteiger partial charge in [-0.2, -0.15) is 0 Å². The van der Waals surface area contributed by atoms with E-state index < -0.39 is 0 Å². The smallest absolute Gasteiger partial charge is 0.0299 e. The van der Waals surface area contributed by atoms with Crippen LogP contribution in [0, 0.1) is 20.8 Å². The molecule has 0 aromatic carbocycles. The standard InChI is InChI=1S/C8H11N.C2H6/c1-6-4-9-5-7(2)8(6)3;1-2/h4-5H,1-3H3;1-2H3. The molecule has 0 bridgehead atoms. The van der Waals surface area contributed by atoms with Gasteiger partial charge in [0.1, 0.15) is 0 Å². The van der Waals surface area contributed by atoms with Crippen LogP contribution in [0.1, 0.15) is 30.5 Å². The van der Waals surface area contributed by atoms with E-state index >= 15 is 0 Å². The van der Waals surface area contributed by atoms with E-state index in [1.807, 2.05) is 26.2 Å². The molecular formula is C10H17N. The summed E-state index contributed by atoms with van der Waals surface area (Å²) in [5.74, 6) is 0. The first-order valence-corrected chi connectivity index (χ1v) is 4.09. The third-order valence-electron chi connectivity index (χ3n) is 1.72. The van der Waals surface area contributed by atoms with Crippen molar-refractivity contribution in [3.8, 4) is 0 Å². The van der Waals surface area contributed by atoms with Crippen LogP contribution in [0.15, 0.2) is 12.4 Å². The van der Waals surface area contributed by atoms with Crippen molar-refractivity contribution < 1.29 is 0 Å². The van der Waals surface area contributed by atoms with Gasteiger partial charge < -0.3 is 0 Å². The maximum atomic E-state index is 4.04. The molecule has 0 spiro atoms. The fraction of sp³-hybridized carbons (Fsp3) is 0.500. The van der Waals surface area contributed by atoms with Crippen molar-refractivity contribution >= 4 is 0 Å². The van der Waals surface area contributed by atoms with E-state index in [0.717, 1.165) is 0 Å². The van der Waals surface area contributed by atoms with E-state index in [1.54, 1.807) is 0 Å². The van der Waals surface area contributed by atoms with Gasteiger partial charge in [-0.1, -0.05) is 13.8 Å². The molecule has 1 heterocycles. The molecule has 0 radical (unpaired) electrons. The number of hydrogen-bond donors (Lipinski definition) is 0. The molecule has 0 saturated heterocycles. The average molecular weight is 151 g/mol. The van der Waals surface area contributed by atoms with Gasteiger partial charge in [0, 0.05) is 12.4 Å². The third kappa shape index (κ3) is 2.71. The van der Waals surface area contributed by atoms with Crippen molar-refractivity contribution in [2.45, 2.75) is 34.6 Å². The lowest BCUT2D eigenvalue weighted by Gasteiger charge is -1.99. The first-order valence-electron chi connectivity index (χ1n) is 4.09. The van der Waals surface area contributed by atoms with E-state index in [4.69, 9.17) is 0 Å². The minimum Gasteiger partial charge on any atom is -0.264 e. The van der Waals surface area contributed by atoms with E-state index in [1.165, 1.54) is 16.7 Å². The second-order valence-corrected chi connectivity index (χ2v) is 2.40. The summed E-state index contributed by atoms with van der Waals surface area (Å²) in [6, 6.07) is 0. The zero-order valence-electron chi connectivity index (χ0n) is 8.10. The average Bonchev–Trinajstić information content (AvgIpc) is 2.04. The fourth-order valence-electron chi connectivity index (χ4n) is 0.766. The molecule has 1 heteroatoms. The van der Waals surface area contributed by atoms with Gasteiger partial charge in [0.2, 0.25) is 0 Å². The maximum Gasteiger partial charge on any atom is 0.0299 e. The molecule has 0 aliphatic heterocycles. The van der Waals surface area contributed by atoms with E-state index in [2.05, 4.69) is 25.8 Å². The Bertz CT molecular complexity index is 196. The van der Waals surface area contributed by atoms with Crippen LogP contribution in [-0.4, -0.2) is 4.98 Å². The molecule has 0 amide bonds. The van der Waals surface area contributed by atoms with Crippen molar-refractivity contribution in [3.63, 3.8) is 0 Å². The Hall–Kier alpha value is -0.850. The minimum absolute atomic E-state index is 1.27. The van der Waals surface area contributed by atoms with Crippen LogP contribution in [0.5, 0.6) is 0 Å². The number of aryl methyl sites for hydroxylation is 2. The van der Waals surface area contributed by atoms with Crippen molar-refractivity contribution in [2.75, 3.05) is 0 Å². The molecule has 0 N–H and O–H groups in total. The van der Waals surface area contributed by atoms with Gasteiger partial charge in [-0.3, -0.25) is 4.98 Å². The lowest BCUT2D eigenvalue weighted by Crippen LogP contribution is -1.86. The molecule has 0 fully saturated rings. The highest BCUT2D eigenvalue weighted by Crippen LogP contribution is 2.07. The van der Waals surface area contributed by atoms with Crippen LogP contribution in [0.25, 0.3) is 0 Å². The maximum absolute atomic E-state index is 4.04. The van der Waals surface area contributed by atoms with Crippen molar-refractivity contribution in [2.24, 2.45) is 0 Å². The van der Waals surface area contributed by atoms with Crippen molar-refractivity contribution in [1.29, 1.82) is 0 Å². The summed E-state index contributed by atoms with van der Waals surface area (Å²) in [5, 5.41) is 0. The summed E-state index contributed by atoms with van der Waals surface area (Å²) in [5.41, 5.74) is 3.90. The molecule has 0 aliphatic carbocycles. The number of rotatable bonds is 0. The summed E-state index contributed by atoms with van der Waals surface area (Å²) >= 11 is 0. The summed E-state index contributed by atoms with van der Waals surface area (Å²) in [4.78, 5) is 4.04. The van der Waals surface area contributed by atoms with Gasteiger partial charge in [-0.05, 0) is 37.5 Å². The highest BCUT2D eigenvalue weighted by atomic mass is 14.6. The van der Waals surface area contributed by atoms with Crippen molar-refractivity contribution in [3.05, 3.63) is 29.1 Å². The molecule has 62 valence electrons. The normalized spacial score (nSPS) is 8.45. The van der Waals surface area contributed by atoms with Crippen LogP contribution in [0.4, 0.5) is 0 Å². The zero-order valence-corrected chi connectivity index (χ0v) is 8.10. The summed E-state index contributed by atoms with van der Waals surface area (Å²) in [6.45, 7) is 10.3. The Kier molecular flexibility index (Phi) is 4.51. The second-order valence-electron chi connectivity index (χ2n) is 2.40. The number of hydrogen-bond acceptors (Lipinski definition) is 1. The number of aromatic nitrogens is 1. The summed E-state index contributed by atoms with van der Waals surface area (Å²) < 4.78 is 0. The largest absolute Gasteiger partial charge is 0.264 e. The molecule has 1 nitrogen and oxygen atoms in total. The summed E-state index contributed by atoms with van der Waals surface area (Å²) in [7, 11) is 0. The first-order chi connectivity index (χ1) is 5.22. The van der Waals surface area contributed by atoms with Gasteiger partial charge in [0.25, 0.3) is 0 Å². The molecule has 1 aromatic rings. The highest BCUT2D eigenvalue weighted by molar-refractivity contribution is 5.27. The van der Waals surface area contributed by atoms with Gasteiger partial charge in [-0.25, -0.2) is 0 Å². The van der Waals surface area contributed by atoms with Crippen LogP contribution in [0.3, 0.4) is 0 Å². The molecule has 0 aliphatic rings. The number of pyridine rings is 1. The minimum atomic E-state index is 1.27. The predicted molar refractivity (Wildman–Crippen MR) is 49.8 cm³/mol. The first kappa shape index (κ1) is 10.2. The SMILES string of the molecule is CC.Cc1cncc(C)c1C. The Morgan fingerprint density at radius 1 is 0.909 bits per heavy atom. The molecule has 0 atom stereocenters. The van der Waals surface area contributed by atoms with Gasteiger partial charge in [-0.15, -0.1) is 0 Å². The molecular weight excluding hydrogens is 134 g/mol. The van der Waals surface area contributed by atoms with E-state index in [-0.39, 0.29) is 0 Å². The Morgan fingerprint density at radius 2 is 1.27 bits per heavy atom. The molecule has 11 heavy (non-hydrogen) atoms. The third-order valence-corrected chi connectivity index (χ3v) is 1.72. The molecule has 1 aromatic heterocycles. The predicted octanol–water partition coefficient (Wildman–Crippen LogP) is 3.03. The Balaban J connectivity index is 0.000000461. The Morgan fingerprint density at radius 3 is 1.55 bits per heavy atom. The zero-order chi connectivity index (χ0) is 8.85. The van der Waals surface area contributed by atoms with E-state index in [0.29, 0.717) is 0 Å². The molecule has 0 saturated carbocycles. The van der Waals surface area contributed by atoms with Gasteiger partial charge in [0.05, 0.1) is 0 Å².